The predicted octanol–water partition coefficient (Wildman–Crippen LogP) is 2.28. The first kappa shape index (κ1) is 18.0. The maximum atomic E-state index is 12.3. The molecular formula is C14H21NO4S2. The van der Waals surface area contributed by atoms with Gasteiger partial charge in [-0.25, -0.2) is 17.9 Å². The van der Waals surface area contributed by atoms with E-state index in [0.29, 0.717) is 12.3 Å². The molecule has 0 atom stereocenters. The molecule has 0 saturated carbocycles. The highest BCUT2D eigenvalue weighted by atomic mass is 32.2. The zero-order valence-corrected chi connectivity index (χ0v) is 14.3. The molecule has 7 heteroatoms. The second kappa shape index (κ2) is 7.29. The molecule has 0 aliphatic heterocycles. The highest BCUT2D eigenvalue weighted by Crippen LogP contribution is 2.22. The van der Waals surface area contributed by atoms with Gasteiger partial charge in [-0.05, 0) is 12.1 Å². The van der Waals surface area contributed by atoms with E-state index in [4.69, 9.17) is 0 Å². The maximum absolute atomic E-state index is 12.3. The normalized spacial score (nSPS) is 12.2. The van der Waals surface area contributed by atoms with Gasteiger partial charge in [0.15, 0.2) is 0 Å². The molecule has 1 aromatic carbocycles. The number of sulfonamides is 1. The lowest BCUT2D eigenvalue weighted by Gasteiger charge is -2.17. The molecule has 0 fully saturated rings. The minimum absolute atomic E-state index is 0.0379. The summed E-state index contributed by atoms with van der Waals surface area (Å²) in [5.74, 6) is -0.0108. The van der Waals surface area contributed by atoms with Crippen LogP contribution in [0.4, 0.5) is 0 Å². The molecule has 0 amide bonds. The molecule has 0 spiro atoms. The van der Waals surface area contributed by atoms with E-state index in [1.54, 1.807) is 23.9 Å². The number of methoxy groups -OCH3 is 1. The summed E-state index contributed by atoms with van der Waals surface area (Å²) in [6, 6.07) is 6.00. The largest absolute Gasteiger partial charge is 0.465 e. The third-order valence-electron chi connectivity index (χ3n) is 2.51. The average Bonchev–Trinajstić information content (AvgIpc) is 2.42. The molecule has 21 heavy (non-hydrogen) atoms. The van der Waals surface area contributed by atoms with Gasteiger partial charge in [-0.1, -0.05) is 32.9 Å². The summed E-state index contributed by atoms with van der Waals surface area (Å²) < 4.78 is 31.7. The van der Waals surface area contributed by atoms with Gasteiger partial charge in [-0.3, -0.25) is 0 Å². The van der Waals surface area contributed by atoms with E-state index in [2.05, 4.69) is 30.2 Å². The first-order valence-corrected chi connectivity index (χ1v) is 8.95. The fourth-order valence-electron chi connectivity index (χ4n) is 1.59. The lowest BCUT2D eigenvalue weighted by atomic mass is 10.2. The lowest BCUT2D eigenvalue weighted by molar-refractivity contribution is 0.0596. The van der Waals surface area contributed by atoms with Crippen LogP contribution < -0.4 is 4.72 Å². The lowest BCUT2D eigenvalue weighted by Crippen LogP contribution is -2.28. The van der Waals surface area contributed by atoms with E-state index in [0.717, 1.165) is 0 Å². The molecule has 0 saturated heterocycles. The highest BCUT2D eigenvalue weighted by Gasteiger charge is 2.22. The van der Waals surface area contributed by atoms with E-state index in [9.17, 15) is 13.2 Å². The van der Waals surface area contributed by atoms with Crippen LogP contribution in [-0.2, 0) is 14.8 Å². The molecule has 1 rings (SSSR count). The van der Waals surface area contributed by atoms with Gasteiger partial charge in [0, 0.05) is 17.0 Å². The van der Waals surface area contributed by atoms with Crippen LogP contribution in [0.25, 0.3) is 0 Å². The fourth-order valence-corrected chi connectivity index (χ4v) is 3.76. The van der Waals surface area contributed by atoms with Gasteiger partial charge in [0.25, 0.3) is 0 Å². The van der Waals surface area contributed by atoms with Crippen LogP contribution in [0, 0.1) is 0 Å². The van der Waals surface area contributed by atoms with Gasteiger partial charge in [-0.15, -0.1) is 0 Å². The Morgan fingerprint density at radius 1 is 1.29 bits per heavy atom. The molecule has 118 valence electrons. The Bertz CT molecular complexity index is 591. The topological polar surface area (TPSA) is 72.5 Å². The molecule has 0 bridgehead atoms. The van der Waals surface area contributed by atoms with Crippen LogP contribution in [0.2, 0.25) is 0 Å². The van der Waals surface area contributed by atoms with Crippen LogP contribution in [-0.4, -0.2) is 38.5 Å². The molecule has 0 aliphatic carbocycles. The number of carbonyl (C=O) groups excluding carboxylic acids is 1. The number of benzene rings is 1. The highest BCUT2D eigenvalue weighted by molar-refractivity contribution is 8.00. The zero-order chi connectivity index (χ0) is 16.1. The molecule has 0 radical (unpaired) electrons. The monoisotopic (exact) mass is 331 g/mol. The Labute approximate surface area is 130 Å². The van der Waals surface area contributed by atoms with Crippen molar-refractivity contribution in [2.24, 2.45) is 0 Å². The molecule has 1 N–H and O–H groups in total. The smallest absolute Gasteiger partial charge is 0.339 e. The zero-order valence-electron chi connectivity index (χ0n) is 12.7. The molecule has 0 aromatic heterocycles. The predicted molar refractivity (Wildman–Crippen MR) is 85.2 cm³/mol. The van der Waals surface area contributed by atoms with Gasteiger partial charge in [-0.2, -0.15) is 11.8 Å². The Morgan fingerprint density at radius 2 is 1.90 bits per heavy atom. The average molecular weight is 331 g/mol. The van der Waals surface area contributed by atoms with E-state index < -0.39 is 16.0 Å². The van der Waals surface area contributed by atoms with Crippen LogP contribution >= 0.6 is 11.8 Å². The SMILES string of the molecule is COC(=O)c1ccccc1S(=O)(=O)NCCSC(C)(C)C. The van der Waals surface area contributed by atoms with Gasteiger partial charge in [0.1, 0.15) is 0 Å². The summed E-state index contributed by atoms with van der Waals surface area (Å²) in [6.45, 7) is 6.51. The molecule has 0 heterocycles. The third kappa shape index (κ3) is 5.68. The van der Waals surface area contributed by atoms with Crippen molar-refractivity contribution in [1.29, 1.82) is 0 Å². The molecule has 5 nitrogen and oxygen atoms in total. The number of ether oxygens (including phenoxy) is 1. The second-order valence-electron chi connectivity index (χ2n) is 5.35. The van der Waals surface area contributed by atoms with Crippen LogP contribution in [0.1, 0.15) is 31.1 Å². The van der Waals surface area contributed by atoms with E-state index in [1.165, 1.54) is 19.2 Å². The van der Waals surface area contributed by atoms with Crippen molar-refractivity contribution < 1.29 is 17.9 Å². The number of esters is 1. The number of thioether (sulfide) groups is 1. The minimum Gasteiger partial charge on any atom is -0.465 e. The Morgan fingerprint density at radius 3 is 2.48 bits per heavy atom. The third-order valence-corrected chi connectivity index (χ3v) is 5.30. The van der Waals surface area contributed by atoms with Crippen molar-refractivity contribution in [1.82, 2.24) is 4.72 Å². The Balaban J connectivity index is 2.82. The summed E-state index contributed by atoms with van der Waals surface area (Å²) in [4.78, 5) is 11.6. The Hall–Kier alpha value is -1.05. The van der Waals surface area contributed by atoms with Crippen molar-refractivity contribution >= 4 is 27.8 Å². The second-order valence-corrected chi connectivity index (χ2v) is 9.00. The van der Waals surface area contributed by atoms with Gasteiger partial charge in [0.2, 0.25) is 10.0 Å². The maximum Gasteiger partial charge on any atom is 0.339 e. The first-order valence-electron chi connectivity index (χ1n) is 6.48. The van der Waals surface area contributed by atoms with Crippen LogP contribution in [0.3, 0.4) is 0 Å². The van der Waals surface area contributed by atoms with Crippen LogP contribution in [0.15, 0.2) is 29.2 Å². The first-order chi connectivity index (χ1) is 9.67. The van der Waals surface area contributed by atoms with Gasteiger partial charge >= 0.3 is 5.97 Å². The molecule has 1 aromatic rings. The van der Waals surface area contributed by atoms with Crippen molar-refractivity contribution in [3.63, 3.8) is 0 Å². The number of hydrogen-bond donors (Lipinski definition) is 1. The van der Waals surface area contributed by atoms with Crippen molar-refractivity contribution in [2.45, 2.75) is 30.4 Å². The summed E-state index contributed by atoms with van der Waals surface area (Å²) in [6.07, 6.45) is 0. The van der Waals surface area contributed by atoms with Crippen molar-refractivity contribution in [3.8, 4) is 0 Å². The number of rotatable bonds is 6. The van der Waals surface area contributed by atoms with E-state index in [1.807, 2.05) is 0 Å². The summed E-state index contributed by atoms with van der Waals surface area (Å²) >= 11 is 1.67. The number of hydrogen-bond acceptors (Lipinski definition) is 5. The summed E-state index contributed by atoms with van der Waals surface area (Å²) in [7, 11) is -2.51. The van der Waals surface area contributed by atoms with Gasteiger partial charge < -0.3 is 4.74 Å². The van der Waals surface area contributed by atoms with Gasteiger partial charge in [0.05, 0.1) is 17.6 Å². The van der Waals surface area contributed by atoms with E-state index >= 15 is 0 Å². The standard InChI is InChI=1S/C14H21NO4S2/c1-14(2,3)20-10-9-15-21(17,18)12-8-6-5-7-11(12)13(16)19-4/h5-8,15H,9-10H2,1-4H3. The van der Waals surface area contributed by atoms with Crippen molar-refractivity contribution in [2.75, 3.05) is 19.4 Å². The Kier molecular flexibility index (Phi) is 6.24. The van der Waals surface area contributed by atoms with E-state index in [-0.39, 0.29) is 15.2 Å². The van der Waals surface area contributed by atoms with Crippen molar-refractivity contribution in [3.05, 3.63) is 29.8 Å². The fraction of sp³-hybridized carbons (Fsp3) is 0.500. The summed E-state index contributed by atoms with van der Waals surface area (Å²) in [5.41, 5.74) is 0.0379. The van der Waals surface area contributed by atoms with Crippen LogP contribution in [0.5, 0.6) is 0 Å². The molecule has 0 unspecified atom stereocenters. The summed E-state index contributed by atoms with van der Waals surface area (Å²) in [5, 5.41) is 0. The quantitative estimate of drug-likeness (QED) is 0.639. The number of carbonyl (C=O) groups is 1. The molecule has 0 aliphatic rings. The molecular weight excluding hydrogens is 310 g/mol. The minimum atomic E-state index is -3.73. The number of nitrogens with one attached hydrogen (secondary N) is 1.